The van der Waals surface area contributed by atoms with Crippen molar-refractivity contribution in [3.8, 4) is 0 Å². The lowest BCUT2D eigenvalue weighted by molar-refractivity contribution is 0.00651. The summed E-state index contributed by atoms with van der Waals surface area (Å²) in [5, 5.41) is 3.23. The molecule has 0 radical (unpaired) electrons. The lowest BCUT2D eigenvalue weighted by Gasteiger charge is -2.18. The molecule has 1 aromatic carbocycles. The predicted octanol–water partition coefficient (Wildman–Crippen LogP) is 2.27. The van der Waals surface area contributed by atoms with E-state index < -0.39 is 0 Å². The van der Waals surface area contributed by atoms with Gasteiger partial charge in [-0.3, -0.25) is 0 Å². The minimum Gasteiger partial charge on any atom is -0.369 e. The van der Waals surface area contributed by atoms with Crippen molar-refractivity contribution >= 4 is 0 Å². The van der Waals surface area contributed by atoms with E-state index in [9.17, 15) is 4.39 Å². The van der Waals surface area contributed by atoms with Crippen molar-refractivity contribution in [2.45, 2.75) is 25.6 Å². The van der Waals surface area contributed by atoms with Crippen LogP contribution in [0.1, 0.15) is 25.0 Å². The molecule has 1 aliphatic rings. The maximum Gasteiger partial charge on any atom is 0.128 e. The molecule has 1 aromatic rings. The summed E-state index contributed by atoms with van der Waals surface area (Å²) in [5.74, 6) is -0.184. The summed E-state index contributed by atoms with van der Waals surface area (Å²) in [6.07, 6.45) is 1.06. The van der Waals surface area contributed by atoms with Crippen molar-refractivity contribution in [2.75, 3.05) is 13.1 Å². The van der Waals surface area contributed by atoms with Crippen molar-refractivity contribution in [3.63, 3.8) is 0 Å². The number of halogens is 1. The van der Waals surface area contributed by atoms with Crippen molar-refractivity contribution in [3.05, 3.63) is 35.6 Å². The average molecular weight is 209 g/mol. The van der Waals surface area contributed by atoms with Gasteiger partial charge in [-0.25, -0.2) is 4.39 Å². The number of hydrogen-bond donors (Lipinski definition) is 1. The van der Waals surface area contributed by atoms with Crippen LogP contribution >= 0.6 is 0 Å². The third-order valence-electron chi connectivity index (χ3n) is 2.75. The van der Waals surface area contributed by atoms with Gasteiger partial charge in [0.15, 0.2) is 0 Å². The fourth-order valence-corrected chi connectivity index (χ4v) is 1.91. The van der Waals surface area contributed by atoms with Gasteiger partial charge in [-0.1, -0.05) is 18.2 Å². The third-order valence-corrected chi connectivity index (χ3v) is 2.75. The molecule has 1 fully saturated rings. The first-order valence-corrected chi connectivity index (χ1v) is 5.38. The molecule has 15 heavy (non-hydrogen) atoms. The van der Waals surface area contributed by atoms with Crippen LogP contribution in [0, 0.1) is 5.82 Å². The van der Waals surface area contributed by atoms with Crippen LogP contribution < -0.4 is 5.32 Å². The van der Waals surface area contributed by atoms with Crippen LogP contribution in [0.15, 0.2) is 24.3 Å². The molecule has 1 saturated heterocycles. The Morgan fingerprint density at radius 1 is 1.47 bits per heavy atom. The molecule has 1 aliphatic heterocycles. The molecule has 2 rings (SSSR count). The predicted molar refractivity (Wildman–Crippen MR) is 57.2 cm³/mol. The Kier molecular flexibility index (Phi) is 3.34. The highest BCUT2D eigenvalue weighted by Gasteiger charge is 2.19. The molecule has 1 heterocycles. The van der Waals surface area contributed by atoms with E-state index in [4.69, 9.17) is 4.74 Å². The molecule has 0 aliphatic carbocycles. The number of ether oxygens (including phenoxy) is 1. The monoisotopic (exact) mass is 209 g/mol. The molecular formula is C12H16FNO. The number of hydrogen-bond acceptors (Lipinski definition) is 2. The van der Waals surface area contributed by atoms with Gasteiger partial charge in [0.1, 0.15) is 5.82 Å². The van der Waals surface area contributed by atoms with E-state index in [1.54, 1.807) is 12.1 Å². The third kappa shape index (κ3) is 2.55. The smallest absolute Gasteiger partial charge is 0.128 e. The summed E-state index contributed by atoms with van der Waals surface area (Å²) in [4.78, 5) is 0. The van der Waals surface area contributed by atoms with Gasteiger partial charge in [0.2, 0.25) is 0 Å². The molecule has 82 valence electrons. The molecule has 0 amide bonds. The highest BCUT2D eigenvalue weighted by Crippen LogP contribution is 2.22. The van der Waals surface area contributed by atoms with E-state index in [-0.39, 0.29) is 18.0 Å². The summed E-state index contributed by atoms with van der Waals surface area (Å²) in [6, 6.07) is 6.79. The Hall–Kier alpha value is -0.930. The number of nitrogens with one attached hydrogen (secondary N) is 1. The first-order valence-electron chi connectivity index (χ1n) is 5.38. The molecule has 0 saturated carbocycles. The van der Waals surface area contributed by atoms with Crippen molar-refractivity contribution in [1.29, 1.82) is 0 Å². The van der Waals surface area contributed by atoms with Gasteiger partial charge in [-0.2, -0.15) is 0 Å². The van der Waals surface area contributed by atoms with Crippen LogP contribution in [0.5, 0.6) is 0 Å². The molecule has 3 heteroatoms. The maximum absolute atomic E-state index is 13.4. The fraction of sp³-hybridized carbons (Fsp3) is 0.500. The highest BCUT2D eigenvalue weighted by molar-refractivity contribution is 5.19. The fourth-order valence-electron chi connectivity index (χ4n) is 1.91. The lowest BCUT2D eigenvalue weighted by Crippen LogP contribution is -2.19. The Bertz CT molecular complexity index is 323. The lowest BCUT2D eigenvalue weighted by atomic mass is 10.1. The molecule has 2 nitrogen and oxygen atoms in total. The standard InChI is InChI=1S/C12H16FNO/c1-9(15-10-6-7-14-8-10)11-4-2-3-5-12(11)13/h2-5,9-10,14H,6-8H2,1H3/t9-,10-/m0/s1. The van der Waals surface area contributed by atoms with E-state index in [0.29, 0.717) is 5.56 Å². The van der Waals surface area contributed by atoms with Crippen LogP contribution in [-0.2, 0) is 4.74 Å². The van der Waals surface area contributed by atoms with Gasteiger partial charge in [-0.05, 0) is 26.0 Å². The van der Waals surface area contributed by atoms with Gasteiger partial charge in [0, 0.05) is 12.1 Å². The van der Waals surface area contributed by atoms with Crippen molar-refractivity contribution in [2.24, 2.45) is 0 Å². The first kappa shape index (κ1) is 10.6. The van der Waals surface area contributed by atoms with Crippen molar-refractivity contribution in [1.82, 2.24) is 5.32 Å². The second-order valence-electron chi connectivity index (χ2n) is 3.91. The Balaban J connectivity index is 2.00. The molecule has 0 aromatic heterocycles. The normalized spacial score (nSPS) is 22.9. The highest BCUT2D eigenvalue weighted by atomic mass is 19.1. The molecule has 1 N–H and O–H groups in total. The summed E-state index contributed by atoms with van der Waals surface area (Å²) in [5.41, 5.74) is 0.643. The molecule has 2 atom stereocenters. The summed E-state index contributed by atoms with van der Waals surface area (Å²) < 4.78 is 19.2. The van der Waals surface area contributed by atoms with E-state index in [1.165, 1.54) is 6.07 Å². The number of benzene rings is 1. The summed E-state index contributed by atoms with van der Waals surface area (Å²) in [7, 11) is 0. The zero-order valence-electron chi connectivity index (χ0n) is 8.87. The molecular weight excluding hydrogens is 193 g/mol. The van der Waals surface area contributed by atoms with Crippen LogP contribution in [0.25, 0.3) is 0 Å². The van der Waals surface area contributed by atoms with Gasteiger partial charge in [0.05, 0.1) is 12.2 Å². The van der Waals surface area contributed by atoms with Gasteiger partial charge in [-0.15, -0.1) is 0 Å². The second kappa shape index (κ2) is 4.73. The zero-order valence-corrected chi connectivity index (χ0v) is 8.87. The number of rotatable bonds is 3. The van der Waals surface area contributed by atoms with Crippen molar-refractivity contribution < 1.29 is 9.13 Å². The van der Waals surface area contributed by atoms with Gasteiger partial charge in [0.25, 0.3) is 0 Å². The first-order chi connectivity index (χ1) is 7.27. The average Bonchev–Trinajstić information content (AvgIpc) is 2.71. The van der Waals surface area contributed by atoms with Crippen LogP contribution in [0.2, 0.25) is 0 Å². The van der Waals surface area contributed by atoms with E-state index in [0.717, 1.165) is 19.5 Å². The zero-order chi connectivity index (χ0) is 10.7. The van der Waals surface area contributed by atoms with E-state index in [1.807, 2.05) is 13.0 Å². The van der Waals surface area contributed by atoms with E-state index >= 15 is 0 Å². The minimum absolute atomic E-state index is 0.170. The van der Waals surface area contributed by atoms with Gasteiger partial charge >= 0.3 is 0 Å². The van der Waals surface area contributed by atoms with Crippen LogP contribution in [-0.4, -0.2) is 19.2 Å². The molecule has 0 unspecified atom stereocenters. The summed E-state index contributed by atoms with van der Waals surface area (Å²) in [6.45, 7) is 3.77. The molecule has 0 spiro atoms. The van der Waals surface area contributed by atoms with E-state index in [2.05, 4.69) is 5.32 Å². The van der Waals surface area contributed by atoms with Crippen LogP contribution in [0.3, 0.4) is 0 Å². The SMILES string of the molecule is C[C@H](O[C@H]1CCNC1)c1ccccc1F. The maximum atomic E-state index is 13.4. The largest absolute Gasteiger partial charge is 0.369 e. The summed E-state index contributed by atoms with van der Waals surface area (Å²) >= 11 is 0. The van der Waals surface area contributed by atoms with Crippen LogP contribution in [0.4, 0.5) is 4.39 Å². The molecule has 0 bridgehead atoms. The van der Waals surface area contributed by atoms with Gasteiger partial charge < -0.3 is 10.1 Å². The Morgan fingerprint density at radius 2 is 2.27 bits per heavy atom. The Morgan fingerprint density at radius 3 is 2.93 bits per heavy atom. The quantitative estimate of drug-likeness (QED) is 0.824. The second-order valence-corrected chi connectivity index (χ2v) is 3.91. The minimum atomic E-state index is -0.184. The topological polar surface area (TPSA) is 21.3 Å². The Labute approximate surface area is 89.4 Å².